The molecule has 0 spiro atoms. The fourth-order valence-electron chi connectivity index (χ4n) is 1.60. The summed E-state index contributed by atoms with van der Waals surface area (Å²) in [6, 6.07) is -1.56. The lowest BCUT2D eigenvalue weighted by atomic mass is 10.2. The van der Waals surface area contributed by atoms with Gasteiger partial charge >= 0.3 is 12.0 Å². The molecule has 0 aliphatic carbocycles. The highest BCUT2D eigenvalue weighted by Crippen LogP contribution is 1.96. The minimum absolute atomic E-state index is 0.133. The molecule has 110 valence electrons. The number of hydrogen-bond donors (Lipinski definition) is 3. The highest BCUT2D eigenvalue weighted by atomic mass is 16.4. The van der Waals surface area contributed by atoms with Crippen molar-refractivity contribution in [3.05, 3.63) is 0 Å². The fraction of sp³-hybridized carbons (Fsp3) is 0.750. The Bertz CT molecular complexity index is 316. The minimum atomic E-state index is -1.08. The standard InChI is InChI=1S/C12H23N3O4/c1-4-7-9(11(17)18)14-12(19)13-8-10(16)15(5-2)6-3/h9H,4-8H2,1-3H3,(H,17,18)(H2,13,14,19)/t9-/m0/s1. The van der Waals surface area contributed by atoms with Gasteiger partial charge in [-0.2, -0.15) is 0 Å². The summed E-state index contributed by atoms with van der Waals surface area (Å²) < 4.78 is 0. The number of nitrogens with one attached hydrogen (secondary N) is 2. The molecule has 0 aromatic carbocycles. The third-order valence-electron chi connectivity index (χ3n) is 2.70. The molecule has 3 N–H and O–H groups in total. The zero-order valence-corrected chi connectivity index (χ0v) is 11.7. The minimum Gasteiger partial charge on any atom is -0.480 e. The van der Waals surface area contributed by atoms with E-state index >= 15 is 0 Å². The molecule has 19 heavy (non-hydrogen) atoms. The third-order valence-corrected chi connectivity index (χ3v) is 2.70. The van der Waals surface area contributed by atoms with Crippen molar-refractivity contribution >= 4 is 17.9 Å². The van der Waals surface area contributed by atoms with Crippen molar-refractivity contribution in [3.8, 4) is 0 Å². The maximum absolute atomic E-state index is 11.6. The first kappa shape index (κ1) is 17.2. The first-order valence-electron chi connectivity index (χ1n) is 6.51. The summed E-state index contributed by atoms with van der Waals surface area (Å²) in [5.74, 6) is -1.27. The smallest absolute Gasteiger partial charge is 0.326 e. The van der Waals surface area contributed by atoms with Crippen molar-refractivity contribution in [2.45, 2.75) is 39.7 Å². The van der Waals surface area contributed by atoms with Crippen molar-refractivity contribution in [1.82, 2.24) is 15.5 Å². The van der Waals surface area contributed by atoms with E-state index < -0.39 is 18.0 Å². The lowest BCUT2D eigenvalue weighted by molar-refractivity contribution is -0.139. The number of rotatable bonds is 8. The lowest BCUT2D eigenvalue weighted by Crippen LogP contribution is -2.48. The molecule has 0 aliphatic rings. The SMILES string of the molecule is CCC[C@H](NC(=O)NCC(=O)N(CC)CC)C(=O)O. The van der Waals surface area contributed by atoms with Gasteiger partial charge in [0.25, 0.3) is 0 Å². The quantitative estimate of drug-likeness (QED) is 0.596. The zero-order chi connectivity index (χ0) is 14.8. The number of carbonyl (C=O) groups excluding carboxylic acids is 2. The van der Waals surface area contributed by atoms with Gasteiger partial charge in [-0.05, 0) is 20.3 Å². The van der Waals surface area contributed by atoms with Gasteiger partial charge < -0.3 is 20.6 Å². The van der Waals surface area contributed by atoms with E-state index in [1.807, 2.05) is 20.8 Å². The van der Waals surface area contributed by atoms with Crippen LogP contribution in [-0.4, -0.2) is 53.6 Å². The van der Waals surface area contributed by atoms with Crippen LogP contribution >= 0.6 is 0 Å². The van der Waals surface area contributed by atoms with E-state index in [2.05, 4.69) is 10.6 Å². The Balaban J connectivity index is 4.17. The van der Waals surface area contributed by atoms with Crippen LogP contribution in [0.3, 0.4) is 0 Å². The van der Waals surface area contributed by atoms with Crippen LogP contribution in [0.2, 0.25) is 0 Å². The number of carbonyl (C=O) groups is 3. The molecule has 0 saturated heterocycles. The van der Waals surface area contributed by atoms with Gasteiger partial charge in [0.1, 0.15) is 6.04 Å². The van der Waals surface area contributed by atoms with Gasteiger partial charge in [0.2, 0.25) is 5.91 Å². The highest BCUT2D eigenvalue weighted by Gasteiger charge is 2.19. The van der Waals surface area contributed by atoms with Crippen LogP contribution in [0.15, 0.2) is 0 Å². The van der Waals surface area contributed by atoms with E-state index in [0.717, 1.165) is 0 Å². The summed E-state index contributed by atoms with van der Waals surface area (Å²) >= 11 is 0. The highest BCUT2D eigenvalue weighted by molar-refractivity contribution is 5.86. The van der Waals surface area contributed by atoms with E-state index in [0.29, 0.717) is 25.9 Å². The molecular weight excluding hydrogens is 250 g/mol. The molecule has 1 atom stereocenters. The molecule has 0 heterocycles. The number of amides is 3. The third kappa shape index (κ3) is 6.64. The molecule has 0 rings (SSSR count). The largest absolute Gasteiger partial charge is 0.480 e. The molecule has 7 heteroatoms. The van der Waals surface area contributed by atoms with E-state index in [1.54, 1.807) is 4.90 Å². The Morgan fingerprint density at radius 1 is 1.16 bits per heavy atom. The number of likely N-dealkylation sites (N-methyl/N-ethyl adjacent to an activating group) is 1. The average molecular weight is 273 g/mol. The summed E-state index contributed by atoms with van der Waals surface area (Å²) in [6.45, 7) is 6.55. The Morgan fingerprint density at radius 2 is 1.74 bits per heavy atom. The van der Waals surface area contributed by atoms with E-state index in [-0.39, 0.29) is 12.5 Å². The van der Waals surface area contributed by atoms with E-state index in [9.17, 15) is 14.4 Å². The van der Waals surface area contributed by atoms with Gasteiger partial charge in [-0.15, -0.1) is 0 Å². The van der Waals surface area contributed by atoms with Crippen LogP contribution in [0, 0.1) is 0 Å². The second-order valence-electron chi connectivity index (χ2n) is 4.07. The van der Waals surface area contributed by atoms with Gasteiger partial charge in [-0.25, -0.2) is 9.59 Å². The molecule has 0 saturated carbocycles. The molecule has 0 unspecified atom stereocenters. The van der Waals surface area contributed by atoms with Gasteiger partial charge in [0.15, 0.2) is 0 Å². The number of urea groups is 1. The van der Waals surface area contributed by atoms with Crippen molar-refractivity contribution in [1.29, 1.82) is 0 Å². The van der Waals surface area contributed by atoms with Crippen LogP contribution in [-0.2, 0) is 9.59 Å². The molecular formula is C12H23N3O4. The molecule has 0 fully saturated rings. The number of hydrogen-bond acceptors (Lipinski definition) is 3. The summed E-state index contributed by atoms with van der Waals surface area (Å²) in [7, 11) is 0. The number of nitrogens with zero attached hydrogens (tertiary/aromatic N) is 1. The van der Waals surface area contributed by atoms with Gasteiger partial charge in [-0.1, -0.05) is 13.3 Å². The second-order valence-corrected chi connectivity index (χ2v) is 4.07. The number of carboxylic acids is 1. The maximum Gasteiger partial charge on any atom is 0.326 e. The summed E-state index contributed by atoms with van der Waals surface area (Å²) in [6.07, 6.45) is 1.00. The second kappa shape index (κ2) is 9.18. The molecule has 0 aromatic rings. The van der Waals surface area contributed by atoms with Gasteiger partial charge in [0.05, 0.1) is 6.54 Å². The first-order valence-corrected chi connectivity index (χ1v) is 6.51. The van der Waals surface area contributed by atoms with Crippen LogP contribution < -0.4 is 10.6 Å². The predicted octanol–water partition coefficient (Wildman–Crippen LogP) is 0.407. The Labute approximate surface area is 113 Å². The predicted molar refractivity (Wildman–Crippen MR) is 70.8 cm³/mol. The van der Waals surface area contributed by atoms with Gasteiger partial charge in [0, 0.05) is 13.1 Å². The monoisotopic (exact) mass is 273 g/mol. The van der Waals surface area contributed by atoms with E-state index in [4.69, 9.17) is 5.11 Å². The molecule has 0 bridgehead atoms. The van der Waals surface area contributed by atoms with Crippen LogP contribution in [0.4, 0.5) is 4.79 Å². The Morgan fingerprint density at radius 3 is 2.16 bits per heavy atom. The van der Waals surface area contributed by atoms with Crippen molar-refractivity contribution in [2.75, 3.05) is 19.6 Å². The molecule has 0 aromatic heterocycles. The Hall–Kier alpha value is -1.79. The zero-order valence-electron chi connectivity index (χ0n) is 11.7. The van der Waals surface area contributed by atoms with Crippen LogP contribution in [0.25, 0.3) is 0 Å². The summed E-state index contributed by atoms with van der Waals surface area (Å²) in [5.41, 5.74) is 0. The first-order chi connectivity index (χ1) is 8.96. The number of aliphatic carboxylic acids is 1. The average Bonchev–Trinajstić information content (AvgIpc) is 2.37. The maximum atomic E-state index is 11.6. The van der Waals surface area contributed by atoms with E-state index in [1.165, 1.54) is 0 Å². The van der Waals surface area contributed by atoms with Crippen molar-refractivity contribution in [2.24, 2.45) is 0 Å². The molecule has 3 amide bonds. The van der Waals surface area contributed by atoms with Crippen molar-refractivity contribution < 1.29 is 19.5 Å². The van der Waals surface area contributed by atoms with Gasteiger partial charge in [-0.3, -0.25) is 4.79 Å². The summed E-state index contributed by atoms with van der Waals surface area (Å²) in [5, 5.41) is 13.6. The van der Waals surface area contributed by atoms with Crippen molar-refractivity contribution in [3.63, 3.8) is 0 Å². The number of carboxylic acid groups (broad SMARTS) is 1. The van der Waals surface area contributed by atoms with Crippen LogP contribution in [0.5, 0.6) is 0 Å². The molecule has 0 radical (unpaired) electrons. The summed E-state index contributed by atoms with van der Waals surface area (Å²) in [4.78, 5) is 35.5. The molecule has 7 nitrogen and oxygen atoms in total. The fourth-order valence-corrected chi connectivity index (χ4v) is 1.60. The lowest BCUT2D eigenvalue weighted by Gasteiger charge is -2.19. The topological polar surface area (TPSA) is 98.7 Å². The Kier molecular flexibility index (Phi) is 8.32. The normalized spacial score (nSPS) is 11.5. The molecule has 0 aliphatic heterocycles. The van der Waals surface area contributed by atoms with Crippen LogP contribution in [0.1, 0.15) is 33.6 Å².